The highest BCUT2D eigenvalue weighted by atomic mass is 35.5. The smallest absolute Gasteiger partial charge is 0.260 e. The molecule has 0 unspecified atom stereocenters. The zero-order valence-electron chi connectivity index (χ0n) is 15.9. The molecule has 1 aliphatic rings. The molecular formula is C23H21ClN2O3. The van der Waals surface area contributed by atoms with Gasteiger partial charge in [-0.15, -0.1) is 0 Å². The van der Waals surface area contributed by atoms with E-state index in [0.29, 0.717) is 42.5 Å². The summed E-state index contributed by atoms with van der Waals surface area (Å²) in [6.45, 7) is 2.54. The Bertz CT molecular complexity index is 1050. The Morgan fingerprint density at radius 1 is 0.966 bits per heavy atom. The summed E-state index contributed by atoms with van der Waals surface area (Å²) >= 11 is 6.27. The summed E-state index contributed by atoms with van der Waals surface area (Å²) in [4.78, 5) is 28.2. The maximum atomic E-state index is 12.6. The van der Waals surface area contributed by atoms with E-state index in [0.717, 1.165) is 22.7 Å². The number of halogens is 1. The van der Waals surface area contributed by atoms with E-state index >= 15 is 0 Å². The average Bonchev–Trinajstić information content (AvgIpc) is 2.77. The van der Waals surface area contributed by atoms with Crippen molar-refractivity contribution < 1.29 is 14.3 Å². The van der Waals surface area contributed by atoms with Crippen LogP contribution in [0.5, 0.6) is 5.75 Å². The minimum Gasteiger partial charge on any atom is -0.483 e. The van der Waals surface area contributed by atoms with Crippen molar-refractivity contribution in [3.63, 3.8) is 0 Å². The van der Waals surface area contributed by atoms with E-state index in [1.807, 2.05) is 54.6 Å². The fourth-order valence-electron chi connectivity index (χ4n) is 3.66. The number of anilines is 1. The van der Waals surface area contributed by atoms with Gasteiger partial charge in [0, 0.05) is 26.2 Å². The molecule has 0 aliphatic carbocycles. The second kappa shape index (κ2) is 8.53. The molecule has 6 heteroatoms. The number of hydrogen-bond donors (Lipinski definition) is 0. The van der Waals surface area contributed by atoms with Crippen LogP contribution in [0.1, 0.15) is 10.4 Å². The van der Waals surface area contributed by atoms with Crippen LogP contribution < -0.4 is 9.64 Å². The number of rotatable bonds is 5. The van der Waals surface area contributed by atoms with Crippen LogP contribution in [-0.2, 0) is 4.79 Å². The number of aldehydes is 1. The predicted molar refractivity (Wildman–Crippen MR) is 115 cm³/mol. The van der Waals surface area contributed by atoms with Crippen LogP contribution in [-0.4, -0.2) is 49.9 Å². The van der Waals surface area contributed by atoms with Crippen molar-refractivity contribution in [2.45, 2.75) is 0 Å². The third kappa shape index (κ3) is 4.05. The summed E-state index contributed by atoms with van der Waals surface area (Å²) in [5, 5.41) is 2.50. The maximum Gasteiger partial charge on any atom is 0.260 e. The summed E-state index contributed by atoms with van der Waals surface area (Å²) in [6.07, 6.45) is 0.782. The SMILES string of the molecule is O=Cc1c(OCC(=O)N2CCN(c3ccccc3Cl)CC2)ccc2ccccc12. The number of hydrogen-bond acceptors (Lipinski definition) is 4. The molecule has 0 radical (unpaired) electrons. The van der Waals surface area contributed by atoms with Gasteiger partial charge in [0.1, 0.15) is 5.75 Å². The van der Waals surface area contributed by atoms with E-state index in [1.54, 1.807) is 11.0 Å². The van der Waals surface area contributed by atoms with Crippen molar-refractivity contribution in [3.05, 3.63) is 71.2 Å². The third-order valence-electron chi connectivity index (χ3n) is 5.23. The largest absolute Gasteiger partial charge is 0.483 e. The lowest BCUT2D eigenvalue weighted by Crippen LogP contribution is -2.50. The lowest BCUT2D eigenvalue weighted by atomic mass is 10.0. The predicted octanol–water partition coefficient (Wildman–Crippen LogP) is 4.03. The molecule has 1 heterocycles. The van der Waals surface area contributed by atoms with Gasteiger partial charge in [-0.1, -0.05) is 54.1 Å². The minimum absolute atomic E-state index is 0.0891. The molecule has 0 aromatic heterocycles. The number of benzene rings is 3. The first-order chi connectivity index (χ1) is 14.2. The Balaban J connectivity index is 1.38. The minimum atomic E-state index is -0.0920. The summed E-state index contributed by atoms with van der Waals surface area (Å²) in [6, 6.07) is 19.0. The first-order valence-corrected chi connectivity index (χ1v) is 9.92. The van der Waals surface area contributed by atoms with E-state index in [1.165, 1.54) is 0 Å². The number of fused-ring (bicyclic) bond motifs is 1. The standard InChI is InChI=1S/C23H21ClN2O3/c24-20-7-3-4-8-21(20)25-11-13-26(14-12-25)23(28)16-29-22-10-9-17-5-1-2-6-18(17)19(22)15-27/h1-10,15H,11-14,16H2. The summed E-state index contributed by atoms with van der Waals surface area (Å²) < 4.78 is 5.72. The van der Waals surface area contributed by atoms with Gasteiger partial charge in [-0.3, -0.25) is 9.59 Å². The lowest BCUT2D eigenvalue weighted by Gasteiger charge is -2.36. The Hall–Kier alpha value is -3.05. The number of carbonyl (C=O) groups is 2. The molecule has 3 aromatic rings. The molecule has 1 fully saturated rings. The second-order valence-electron chi connectivity index (χ2n) is 6.92. The van der Waals surface area contributed by atoms with Gasteiger partial charge in [0.25, 0.3) is 5.91 Å². The van der Waals surface area contributed by atoms with Gasteiger partial charge in [-0.25, -0.2) is 0 Å². The van der Waals surface area contributed by atoms with Crippen molar-refractivity contribution in [2.75, 3.05) is 37.7 Å². The van der Waals surface area contributed by atoms with E-state index in [2.05, 4.69) is 4.90 Å². The third-order valence-corrected chi connectivity index (χ3v) is 5.54. The van der Waals surface area contributed by atoms with E-state index in [-0.39, 0.29) is 12.5 Å². The van der Waals surface area contributed by atoms with Crippen molar-refractivity contribution in [1.29, 1.82) is 0 Å². The van der Waals surface area contributed by atoms with Gasteiger partial charge < -0.3 is 14.5 Å². The fourth-order valence-corrected chi connectivity index (χ4v) is 3.91. The molecular weight excluding hydrogens is 388 g/mol. The van der Waals surface area contributed by atoms with Crippen LogP contribution in [0.15, 0.2) is 60.7 Å². The number of piperazine rings is 1. The van der Waals surface area contributed by atoms with Crippen molar-refractivity contribution >= 4 is 40.3 Å². The van der Waals surface area contributed by atoms with Gasteiger partial charge >= 0.3 is 0 Å². The van der Waals surface area contributed by atoms with E-state index in [9.17, 15) is 9.59 Å². The average molecular weight is 409 g/mol. The second-order valence-corrected chi connectivity index (χ2v) is 7.33. The number of ether oxygens (including phenoxy) is 1. The normalized spacial score (nSPS) is 14.1. The Morgan fingerprint density at radius 2 is 1.69 bits per heavy atom. The molecule has 1 saturated heterocycles. The molecule has 0 spiro atoms. The Labute approximate surface area is 174 Å². The fraction of sp³-hybridized carbons (Fsp3) is 0.217. The maximum absolute atomic E-state index is 12.6. The Kier molecular flexibility index (Phi) is 5.67. The Morgan fingerprint density at radius 3 is 2.45 bits per heavy atom. The van der Waals surface area contributed by atoms with Crippen molar-refractivity contribution in [1.82, 2.24) is 4.90 Å². The zero-order valence-corrected chi connectivity index (χ0v) is 16.6. The first kappa shape index (κ1) is 19.3. The molecule has 148 valence electrons. The molecule has 1 amide bonds. The first-order valence-electron chi connectivity index (χ1n) is 9.54. The topological polar surface area (TPSA) is 49.9 Å². The van der Waals surface area contributed by atoms with Gasteiger partial charge in [0.15, 0.2) is 12.9 Å². The molecule has 0 bridgehead atoms. The molecule has 0 saturated carbocycles. The van der Waals surface area contributed by atoms with Crippen molar-refractivity contribution in [3.8, 4) is 5.75 Å². The van der Waals surface area contributed by atoms with Crippen LogP contribution in [0.4, 0.5) is 5.69 Å². The highest BCUT2D eigenvalue weighted by Gasteiger charge is 2.23. The van der Waals surface area contributed by atoms with Gasteiger partial charge in [-0.05, 0) is 29.0 Å². The lowest BCUT2D eigenvalue weighted by molar-refractivity contribution is -0.133. The molecule has 0 atom stereocenters. The summed E-state index contributed by atoms with van der Waals surface area (Å²) in [7, 11) is 0. The monoisotopic (exact) mass is 408 g/mol. The van der Waals surface area contributed by atoms with Crippen LogP contribution in [0, 0.1) is 0 Å². The summed E-state index contributed by atoms with van der Waals surface area (Å²) in [5.74, 6) is 0.343. The molecule has 1 aliphatic heterocycles. The molecule has 4 rings (SSSR count). The van der Waals surface area contributed by atoms with E-state index < -0.39 is 0 Å². The highest BCUT2D eigenvalue weighted by Crippen LogP contribution is 2.27. The number of carbonyl (C=O) groups excluding carboxylic acids is 2. The number of amides is 1. The van der Waals surface area contributed by atoms with E-state index in [4.69, 9.17) is 16.3 Å². The van der Waals surface area contributed by atoms with Crippen LogP contribution >= 0.6 is 11.6 Å². The molecule has 29 heavy (non-hydrogen) atoms. The number of para-hydroxylation sites is 1. The summed E-state index contributed by atoms with van der Waals surface area (Å²) in [5.41, 5.74) is 1.46. The zero-order chi connectivity index (χ0) is 20.2. The quantitative estimate of drug-likeness (QED) is 0.598. The van der Waals surface area contributed by atoms with Gasteiger partial charge in [0.05, 0.1) is 16.3 Å². The molecule has 3 aromatic carbocycles. The molecule has 0 N–H and O–H groups in total. The molecule has 5 nitrogen and oxygen atoms in total. The van der Waals surface area contributed by atoms with Crippen LogP contribution in [0.3, 0.4) is 0 Å². The number of nitrogens with zero attached hydrogens (tertiary/aromatic N) is 2. The van der Waals surface area contributed by atoms with Gasteiger partial charge in [-0.2, -0.15) is 0 Å². The highest BCUT2D eigenvalue weighted by molar-refractivity contribution is 6.33. The van der Waals surface area contributed by atoms with Crippen LogP contribution in [0.25, 0.3) is 10.8 Å². The van der Waals surface area contributed by atoms with Gasteiger partial charge in [0.2, 0.25) is 0 Å². The van der Waals surface area contributed by atoms with Crippen molar-refractivity contribution in [2.24, 2.45) is 0 Å². The van der Waals surface area contributed by atoms with Crippen LogP contribution in [0.2, 0.25) is 5.02 Å².